The number of nitro groups is 1. The molecular formula is C25H24N4O6. The molecule has 0 heterocycles. The highest BCUT2D eigenvalue weighted by Crippen LogP contribution is 2.27. The number of rotatable bonds is 9. The van der Waals surface area contributed by atoms with E-state index >= 15 is 0 Å². The van der Waals surface area contributed by atoms with Gasteiger partial charge < -0.3 is 14.8 Å². The molecule has 0 bridgehead atoms. The van der Waals surface area contributed by atoms with Crippen LogP contribution in [0.2, 0.25) is 0 Å². The largest absolute Gasteiger partial charge is 0.493 e. The lowest BCUT2D eigenvalue weighted by molar-refractivity contribution is -0.384. The second-order valence-electron chi connectivity index (χ2n) is 7.57. The van der Waals surface area contributed by atoms with E-state index in [0.717, 1.165) is 22.9 Å². The molecule has 0 radical (unpaired) electrons. The molecule has 0 saturated heterocycles. The number of aryl methyl sites for hydroxylation is 2. The van der Waals surface area contributed by atoms with Gasteiger partial charge in [0.2, 0.25) is 0 Å². The molecule has 0 saturated carbocycles. The van der Waals surface area contributed by atoms with E-state index < -0.39 is 10.8 Å². The summed E-state index contributed by atoms with van der Waals surface area (Å²) >= 11 is 0. The molecule has 0 unspecified atom stereocenters. The zero-order chi connectivity index (χ0) is 25.4. The van der Waals surface area contributed by atoms with Crippen molar-refractivity contribution in [1.82, 2.24) is 5.43 Å². The summed E-state index contributed by atoms with van der Waals surface area (Å²) in [6.45, 7) is 3.68. The van der Waals surface area contributed by atoms with Crippen LogP contribution in [0.15, 0.2) is 65.8 Å². The van der Waals surface area contributed by atoms with E-state index in [4.69, 9.17) is 9.47 Å². The van der Waals surface area contributed by atoms with Gasteiger partial charge in [0, 0.05) is 23.4 Å². The average Bonchev–Trinajstić information content (AvgIpc) is 2.84. The highest BCUT2D eigenvalue weighted by Gasteiger charge is 2.12. The van der Waals surface area contributed by atoms with Gasteiger partial charge >= 0.3 is 0 Å². The SMILES string of the molecule is COc1cc(/C=N/NC(=O)c2cccc([N+](=O)[O-])c2)ccc1OCC(=O)Nc1ccc(C)cc1C. The Hall–Kier alpha value is -4.73. The Bertz CT molecular complexity index is 1290. The number of carbonyl (C=O) groups excluding carboxylic acids is 2. The molecule has 35 heavy (non-hydrogen) atoms. The summed E-state index contributed by atoms with van der Waals surface area (Å²) in [5.41, 5.74) is 5.61. The lowest BCUT2D eigenvalue weighted by Crippen LogP contribution is -2.20. The van der Waals surface area contributed by atoms with Crippen LogP contribution in [0.1, 0.15) is 27.0 Å². The van der Waals surface area contributed by atoms with Crippen molar-refractivity contribution >= 4 is 29.4 Å². The highest BCUT2D eigenvalue weighted by atomic mass is 16.6. The van der Waals surface area contributed by atoms with Crippen LogP contribution in [0.25, 0.3) is 0 Å². The standard InChI is InChI=1S/C25H24N4O6/c1-16-7-9-21(17(2)11-16)27-24(30)15-35-22-10-8-18(12-23(22)34-3)14-26-28-25(31)19-5-4-6-20(13-19)29(32)33/h4-14H,15H2,1-3H3,(H,27,30)(H,28,31)/b26-14+. The molecular weight excluding hydrogens is 452 g/mol. The molecule has 3 aromatic rings. The normalized spacial score (nSPS) is 10.6. The number of hydrogen-bond acceptors (Lipinski definition) is 7. The van der Waals surface area contributed by atoms with Gasteiger partial charge in [-0.3, -0.25) is 19.7 Å². The van der Waals surface area contributed by atoms with Crippen LogP contribution in [-0.2, 0) is 4.79 Å². The minimum atomic E-state index is -0.591. The van der Waals surface area contributed by atoms with Gasteiger partial charge in [-0.05, 0) is 55.3 Å². The van der Waals surface area contributed by atoms with Crippen LogP contribution in [0, 0.1) is 24.0 Å². The molecule has 2 N–H and O–H groups in total. The van der Waals surface area contributed by atoms with E-state index in [1.54, 1.807) is 18.2 Å². The van der Waals surface area contributed by atoms with Crippen LogP contribution >= 0.6 is 0 Å². The third-order valence-electron chi connectivity index (χ3n) is 4.90. The number of benzene rings is 3. The Morgan fingerprint density at radius 1 is 1.06 bits per heavy atom. The van der Waals surface area contributed by atoms with Crippen molar-refractivity contribution in [2.45, 2.75) is 13.8 Å². The number of non-ortho nitro benzene ring substituents is 1. The lowest BCUT2D eigenvalue weighted by atomic mass is 10.1. The maximum absolute atomic E-state index is 12.3. The highest BCUT2D eigenvalue weighted by molar-refractivity contribution is 5.95. The fourth-order valence-electron chi connectivity index (χ4n) is 3.16. The lowest BCUT2D eigenvalue weighted by Gasteiger charge is -2.12. The molecule has 180 valence electrons. The minimum Gasteiger partial charge on any atom is -0.493 e. The van der Waals surface area contributed by atoms with Crippen LogP contribution in [0.5, 0.6) is 11.5 Å². The van der Waals surface area contributed by atoms with E-state index in [-0.39, 0.29) is 23.8 Å². The summed E-state index contributed by atoms with van der Waals surface area (Å²) in [5.74, 6) is -0.167. The summed E-state index contributed by atoms with van der Waals surface area (Å²) in [7, 11) is 1.46. The summed E-state index contributed by atoms with van der Waals surface area (Å²) in [4.78, 5) is 34.7. The summed E-state index contributed by atoms with van der Waals surface area (Å²) < 4.78 is 10.9. The molecule has 2 amide bonds. The second-order valence-corrected chi connectivity index (χ2v) is 7.57. The molecule has 0 fully saturated rings. The molecule has 0 aliphatic carbocycles. The molecule has 0 aromatic heterocycles. The van der Waals surface area contributed by atoms with Gasteiger partial charge in [0.25, 0.3) is 17.5 Å². The van der Waals surface area contributed by atoms with Gasteiger partial charge in [0.05, 0.1) is 18.2 Å². The zero-order valence-corrected chi connectivity index (χ0v) is 19.4. The topological polar surface area (TPSA) is 132 Å². The first-order valence-corrected chi connectivity index (χ1v) is 10.5. The minimum absolute atomic E-state index is 0.108. The van der Waals surface area contributed by atoms with Crippen molar-refractivity contribution in [1.29, 1.82) is 0 Å². The number of nitro benzene ring substituents is 1. The van der Waals surface area contributed by atoms with Crippen LogP contribution in [0.4, 0.5) is 11.4 Å². The first kappa shape index (κ1) is 24.9. The first-order valence-electron chi connectivity index (χ1n) is 10.5. The van der Waals surface area contributed by atoms with Crippen LogP contribution < -0.4 is 20.2 Å². The third kappa shape index (κ3) is 6.87. The van der Waals surface area contributed by atoms with Crippen molar-refractivity contribution in [3.05, 3.63) is 93.0 Å². The number of anilines is 1. The number of hydrazone groups is 1. The Labute approximate surface area is 201 Å². The number of ether oxygens (including phenoxy) is 2. The number of nitrogens with one attached hydrogen (secondary N) is 2. The fraction of sp³-hybridized carbons (Fsp3) is 0.160. The average molecular weight is 476 g/mol. The van der Waals surface area contributed by atoms with Gasteiger partial charge in [-0.1, -0.05) is 23.8 Å². The van der Waals surface area contributed by atoms with Crippen molar-refractivity contribution in [2.24, 2.45) is 5.10 Å². The second kappa shape index (κ2) is 11.4. The quantitative estimate of drug-likeness (QED) is 0.273. The zero-order valence-electron chi connectivity index (χ0n) is 19.4. The Morgan fingerprint density at radius 2 is 1.86 bits per heavy atom. The molecule has 10 heteroatoms. The molecule has 0 aliphatic heterocycles. The van der Waals surface area contributed by atoms with Crippen molar-refractivity contribution in [3.8, 4) is 11.5 Å². The summed E-state index contributed by atoms with van der Waals surface area (Å²) in [5, 5.41) is 17.5. The number of methoxy groups -OCH3 is 1. The van der Waals surface area contributed by atoms with Crippen LogP contribution in [-0.4, -0.2) is 36.7 Å². The smallest absolute Gasteiger partial charge is 0.271 e. The number of nitrogens with zero attached hydrogens (tertiary/aromatic N) is 2. The van der Waals surface area contributed by atoms with Gasteiger partial charge in [0.1, 0.15) is 0 Å². The van der Waals surface area contributed by atoms with Crippen molar-refractivity contribution in [3.63, 3.8) is 0 Å². The molecule has 3 rings (SSSR count). The molecule has 0 spiro atoms. The maximum Gasteiger partial charge on any atom is 0.271 e. The van der Waals surface area contributed by atoms with Crippen LogP contribution in [0.3, 0.4) is 0 Å². The van der Waals surface area contributed by atoms with E-state index in [0.29, 0.717) is 17.1 Å². The predicted molar refractivity (Wildman–Crippen MR) is 131 cm³/mol. The third-order valence-corrected chi connectivity index (χ3v) is 4.90. The van der Waals surface area contributed by atoms with E-state index in [1.165, 1.54) is 31.5 Å². The molecule has 10 nitrogen and oxygen atoms in total. The maximum atomic E-state index is 12.3. The van der Waals surface area contributed by atoms with E-state index in [2.05, 4.69) is 15.8 Å². The van der Waals surface area contributed by atoms with Gasteiger partial charge in [-0.25, -0.2) is 5.43 Å². The molecule has 0 aliphatic rings. The van der Waals surface area contributed by atoms with Gasteiger partial charge in [0.15, 0.2) is 18.1 Å². The summed E-state index contributed by atoms with van der Waals surface area (Å²) in [6.07, 6.45) is 1.38. The fourth-order valence-corrected chi connectivity index (χ4v) is 3.16. The van der Waals surface area contributed by atoms with Gasteiger partial charge in [-0.2, -0.15) is 5.10 Å². The summed E-state index contributed by atoms with van der Waals surface area (Å²) in [6, 6.07) is 16.0. The van der Waals surface area contributed by atoms with E-state index in [9.17, 15) is 19.7 Å². The predicted octanol–water partition coefficient (Wildman–Crippen LogP) is 4.00. The molecule has 3 aromatic carbocycles. The Morgan fingerprint density at radius 3 is 2.57 bits per heavy atom. The molecule has 0 atom stereocenters. The Balaban J connectivity index is 1.58. The first-order chi connectivity index (χ1) is 16.8. The van der Waals surface area contributed by atoms with Crippen molar-refractivity contribution in [2.75, 3.05) is 19.0 Å². The van der Waals surface area contributed by atoms with Crippen molar-refractivity contribution < 1.29 is 24.0 Å². The number of carbonyl (C=O) groups is 2. The number of hydrogen-bond donors (Lipinski definition) is 2. The van der Waals surface area contributed by atoms with E-state index in [1.807, 2.05) is 32.0 Å². The Kier molecular flexibility index (Phi) is 8.12. The van der Waals surface area contributed by atoms with Gasteiger partial charge in [-0.15, -0.1) is 0 Å². The number of amides is 2. The monoisotopic (exact) mass is 476 g/mol.